The van der Waals surface area contributed by atoms with Gasteiger partial charge in [0.1, 0.15) is 0 Å². The van der Waals surface area contributed by atoms with E-state index in [2.05, 4.69) is 22.5 Å². The molecule has 26 heavy (non-hydrogen) atoms. The zero-order valence-corrected chi connectivity index (χ0v) is 19.2. The monoisotopic (exact) mass is 502 g/mol. The number of halogens is 1. The number of sulfonamides is 1. The van der Waals surface area contributed by atoms with Crippen molar-refractivity contribution in [2.24, 2.45) is 16.8 Å². The zero-order chi connectivity index (χ0) is 18.1. The van der Waals surface area contributed by atoms with Gasteiger partial charge in [-0.2, -0.15) is 0 Å². The lowest BCUT2D eigenvalue weighted by Crippen LogP contribution is -2.40. The molecule has 2 fully saturated rings. The fraction of sp³-hybridized carbons (Fsp3) is 0.941. The predicted molar refractivity (Wildman–Crippen MR) is 117 cm³/mol. The number of rotatable bonds is 10. The molecular weight excluding hydrogens is 467 g/mol. The molecule has 0 aromatic carbocycles. The van der Waals surface area contributed by atoms with Gasteiger partial charge in [-0.3, -0.25) is 4.99 Å². The molecule has 2 N–H and O–H groups in total. The van der Waals surface area contributed by atoms with Gasteiger partial charge in [0.2, 0.25) is 10.0 Å². The van der Waals surface area contributed by atoms with Gasteiger partial charge in [0.15, 0.2) is 5.96 Å². The molecule has 1 saturated carbocycles. The van der Waals surface area contributed by atoms with Gasteiger partial charge < -0.3 is 15.4 Å². The Morgan fingerprint density at radius 1 is 1.15 bits per heavy atom. The number of nitrogens with one attached hydrogen (secondary N) is 2. The number of hydrogen-bond donors (Lipinski definition) is 2. The molecule has 2 aliphatic rings. The number of ether oxygens (including phenoxy) is 1. The number of aliphatic imine (C=N–C) groups is 1. The molecular formula is C17H35IN4O3S. The van der Waals surface area contributed by atoms with Gasteiger partial charge in [0, 0.05) is 45.9 Å². The maximum absolute atomic E-state index is 11.5. The van der Waals surface area contributed by atoms with Crippen LogP contribution < -0.4 is 10.6 Å². The molecule has 1 saturated heterocycles. The van der Waals surface area contributed by atoms with Crippen molar-refractivity contribution in [2.75, 3.05) is 52.2 Å². The molecule has 0 amide bonds. The molecule has 0 spiro atoms. The summed E-state index contributed by atoms with van der Waals surface area (Å²) in [7, 11) is -3.05. The van der Waals surface area contributed by atoms with Crippen LogP contribution in [0.3, 0.4) is 0 Å². The van der Waals surface area contributed by atoms with Crippen molar-refractivity contribution in [3.8, 4) is 0 Å². The van der Waals surface area contributed by atoms with E-state index in [0.29, 0.717) is 19.0 Å². The fourth-order valence-corrected chi connectivity index (χ4v) is 3.78. The molecule has 0 aromatic heterocycles. The Kier molecular flexibility index (Phi) is 11.4. The summed E-state index contributed by atoms with van der Waals surface area (Å²) < 4.78 is 30.3. The first kappa shape index (κ1) is 23.9. The first-order chi connectivity index (χ1) is 12.0. The topological polar surface area (TPSA) is 83.0 Å². The van der Waals surface area contributed by atoms with E-state index < -0.39 is 10.0 Å². The van der Waals surface area contributed by atoms with Gasteiger partial charge in [-0.25, -0.2) is 12.7 Å². The highest BCUT2D eigenvalue weighted by molar-refractivity contribution is 14.0. The van der Waals surface area contributed by atoms with E-state index in [1.807, 2.05) is 0 Å². The molecule has 1 heterocycles. The molecule has 0 radical (unpaired) electrons. The van der Waals surface area contributed by atoms with Crippen molar-refractivity contribution in [3.63, 3.8) is 0 Å². The number of nitrogens with zero attached hydrogens (tertiary/aromatic N) is 2. The normalized spacial score (nSPS) is 19.8. The van der Waals surface area contributed by atoms with Crippen LogP contribution in [0, 0.1) is 11.8 Å². The van der Waals surface area contributed by atoms with Crippen LogP contribution in [0.25, 0.3) is 0 Å². The van der Waals surface area contributed by atoms with Crippen LogP contribution in [-0.2, 0) is 14.8 Å². The van der Waals surface area contributed by atoms with Crippen LogP contribution in [-0.4, -0.2) is 70.9 Å². The third-order valence-electron chi connectivity index (χ3n) is 4.70. The van der Waals surface area contributed by atoms with Crippen molar-refractivity contribution < 1.29 is 13.2 Å². The summed E-state index contributed by atoms with van der Waals surface area (Å²) >= 11 is 0. The Morgan fingerprint density at radius 2 is 1.85 bits per heavy atom. The minimum atomic E-state index is -3.05. The molecule has 0 aromatic rings. The molecule has 1 aliphatic carbocycles. The summed E-state index contributed by atoms with van der Waals surface area (Å²) in [5.74, 6) is 2.12. The van der Waals surface area contributed by atoms with E-state index in [0.717, 1.165) is 64.0 Å². The summed E-state index contributed by atoms with van der Waals surface area (Å²) in [6.45, 7) is 7.42. The lowest BCUT2D eigenvalue weighted by atomic mass is 9.98. The molecule has 154 valence electrons. The Bertz CT molecular complexity index is 518. The third kappa shape index (κ3) is 9.70. The van der Waals surface area contributed by atoms with Crippen molar-refractivity contribution in [1.29, 1.82) is 0 Å². The van der Waals surface area contributed by atoms with E-state index in [1.165, 1.54) is 19.1 Å². The van der Waals surface area contributed by atoms with Crippen LogP contribution >= 0.6 is 24.0 Å². The predicted octanol–water partition coefficient (Wildman–Crippen LogP) is 1.65. The fourth-order valence-electron chi connectivity index (χ4n) is 2.90. The van der Waals surface area contributed by atoms with Crippen molar-refractivity contribution in [1.82, 2.24) is 14.9 Å². The van der Waals surface area contributed by atoms with Crippen LogP contribution in [0.5, 0.6) is 0 Å². The maximum atomic E-state index is 11.5. The van der Waals surface area contributed by atoms with Gasteiger partial charge in [0.25, 0.3) is 0 Å². The van der Waals surface area contributed by atoms with Crippen LogP contribution in [0.2, 0.25) is 0 Å². The number of guanidine groups is 1. The average molecular weight is 502 g/mol. The Hall–Kier alpha value is -0.130. The summed E-state index contributed by atoms with van der Waals surface area (Å²) in [5.41, 5.74) is 0. The molecule has 9 heteroatoms. The molecule has 0 atom stereocenters. The first-order valence-corrected chi connectivity index (χ1v) is 11.4. The second-order valence-corrected chi connectivity index (χ2v) is 9.11. The van der Waals surface area contributed by atoms with Crippen molar-refractivity contribution >= 4 is 40.0 Å². The van der Waals surface area contributed by atoms with Gasteiger partial charge in [-0.1, -0.05) is 0 Å². The van der Waals surface area contributed by atoms with E-state index >= 15 is 0 Å². The second kappa shape index (κ2) is 12.4. The third-order valence-corrected chi connectivity index (χ3v) is 6.01. The summed E-state index contributed by atoms with van der Waals surface area (Å²) in [6.07, 6.45) is 6.68. The van der Waals surface area contributed by atoms with Gasteiger partial charge in [-0.15, -0.1) is 24.0 Å². The van der Waals surface area contributed by atoms with Gasteiger partial charge in [-0.05, 0) is 50.9 Å². The van der Waals surface area contributed by atoms with Crippen LogP contribution in [0.15, 0.2) is 4.99 Å². The van der Waals surface area contributed by atoms with E-state index in [4.69, 9.17) is 4.74 Å². The number of piperidine rings is 1. The van der Waals surface area contributed by atoms with Crippen LogP contribution in [0.1, 0.15) is 39.0 Å². The Morgan fingerprint density at radius 3 is 2.42 bits per heavy atom. The minimum Gasteiger partial charge on any atom is -0.381 e. The zero-order valence-electron chi connectivity index (χ0n) is 16.1. The van der Waals surface area contributed by atoms with Gasteiger partial charge in [0.05, 0.1) is 6.26 Å². The summed E-state index contributed by atoms with van der Waals surface area (Å²) in [5, 5.41) is 6.62. The summed E-state index contributed by atoms with van der Waals surface area (Å²) in [4.78, 5) is 4.67. The van der Waals surface area contributed by atoms with E-state index in [9.17, 15) is 8.42 Å². The van der Waals surface area contributed by atoms with Crippen molar-refractivity contribution in [3.05, 3.63) is 0 Å². The average Bonchev–Trinajstić information content (AvgIpc) is 3.39. The van der Waals surface area contributed by atoms with Crippen LogP contribution in [0.4, 0.5) is 0 Å². The first-order valence-electron chi connectivity index (χ1n) is 9.54. The standard InChI is InChI=1S/C17H34N4O3S.HI/c1-3-18-17(19-9-4-12-24-14-16-5-6-16)20-13-15-7-10-21(11-8-15)25(2,22)23;/h15-16H,3-14H2,1-2H3,(H2,18,19,20);1H. The largest absolute Gasteiger partial charge is 0.381 e. The molecule has 7 nitrogen and oxygen atoms in total. The maximum Gasteiger partial charge on any atom is 0.211 e. The number of hydrogen-bond acceptors (Lipinski definition) is 4. The highest BCUT2D eigenvalue weighted by Crippen LogP contribution is 2.28. The smallest absolute Gasteiger partial charge is 0.211 e. The van der Waals surface area contributed by atoms with Gasteiger partial charge >= 0.3 is 0 Å². The van der Waals surface area contributed by atoms with Crippen molar-refractivity contribution in [2.45, 2.75) is 39.0 Å². The SMILES string of the molecule is CCNC(=NCC1CCN(S(C)(=O)=O)CC1)NCCCOCC1CC1.I. The highest BCUT2D eigenvalue weighted by atomic mass is 127. The lowest BCUT2D eigenvalue weighted by Gasteiger charge is -2.29. The molecule has 2 rings (SSSR count). The van der Waals surface area contributed by atoms with E-state index in [-0.39, 0.29) is 24.0 Å². The Labute approximate surface area is 175 Å². The molecule has 0 unspecified atom stereocenters. The Balaban J connectivity index is 0.00000338. The summed E-state index contributed by atoms with van der Waals surface area (Å²) in [6, 6.07) is 0. The minimum absolute atomic E-state index is 0. The molecule has 1 aliphatic heterocycles. The quantitative estimate of drug-likeness (QED) is 0.206. The highest BCUT2D eigenvalue weighted by Gasteiger charge is 2.24. The molecule has 0 bridgehead atoms. The lowest BCUT2D eigenvalue weighted by molar-refractivity contribution is 0.123. The van der Waals surface area contributed by atoms with E-state index in [1.54, 1.807) is 4.31 Å². The second-order valence-electron chi connectivity index (χ2n) is 7.12.